The minimum Gasteiger partial charge on any atom is -0.480 e. The van der Waals surface area contributed by atoms with Crippen molar-refractivity contribution in [2.24, 2.45) is 0 Å². The Bertz CT molecular complexity index is 567. The van der Waals surface area contributed by atoms with Gasteiger partial charge in [0.1, 0.15) is 6.04 Å². The number of nitrogens with one attached hydrogen (secondary N) is 1. The number of aliphatic carboxylic acids is 1. The fourth-order valence-corrected chi connectivity index (χ4v) is 2.58. The van der Waals surface area contributed by atoms with E-state index in [4.69, 9.17) is 5.11 Å². The molecule has 9 heteroatoms. The molecule has 0 aliphatic rings. The number of amides is 1. The molecular formula is C12H13IN2O5S. The van der Waals surface area contributed by atoms with Crippen LogP contribution in [0.15, 0.2) is 18.2 Å². The number of non-ortho nitro benzene ring substituents is 1. The number of hydrogen-bond acceptors (Lipinski definition) is 5. The van der Waals surface area contributed by atoms with Crippen molar-refractivity contribution in [2.45, 2.75) is 12.5 Å². The number of nitrogens with zero attached hydrogens (tertiary/aromatic N) is 1. The number of carbonyl (C=O) groups is 2. The van der Waals surface area contributed by atoms with E-state index in [2.05, 4.69) is 5.32 Å². The molecule has 0 aliphatic heterocycles. The van der Waals surface area contributed by atoms with E-state index < -0.39 is 22.8 Å². The first kappa shape index (κ1) is 17.7. The molecule has 114 valence electrons. The third-order valence-corrected chi connectivity index (χ3v) is 4.20. The third kappa shape index (κ3) is 5.16. The van der Waals surface area contributed by atoms with Gasteiger partial charge in [-0.15, -0.1) is 0 Å². The maximum absolute atomic E-state index is 12.1. The summed E-state index contributed by atoms with van der Waals surface area (Å²) in [6.45, 7) is 0. The molecule has 0 aromatic heterocycles. The predicted molar refractivity (Wildman–Crippen MR) is 87.7 cm³/mol. The number of hydrogen-bond donors (Lipinski definition) is 2. The average molecular weight is 424 g/mol. The molecule has 1 amide bonds. The summed E-state index contributed by atoms with van der Waals surface area (Å²) in [7, 11) is 0. The van der Waals surface area contributed by atoms with Gasteiger partial charge in [0, 0.05) is 15.7 Å². The number of carbonyl (C=O) groups excluding carboxylic acids is 1. The zero-order chi connectivity index (χ0) is 16.0. The van der Waals surface area contributed by atoms with Gasteiger partial charge in [0.25, 0.3) is 11.6 Å². The van der Waals surface area contributed by atoms with E-state index in [1.807, 2.05) is 28.8 Å². The Morgan fingerprint density at radius 2 is 2.19 bits per heavy atom. The number of carboxylic acid groups (broad SMARTS) is 1. The van der Waals surface area contributed by atoms with Crippen LogP contribution in [0, 0.1) is 13.7 Å². The van der Waals surface area contributed by atoms with Crippen molar-refractivity contribution in [3.63, 3.8) is 0 Å². The smallest absolute Gasteiger partial charge is 0.326 e. The first-order valence-corrected chi connectivity index (χ1v) is 8.30. The number of carboxylic acids is 1. The Labute approximate surface area is 138 Å². The van der Waals surface area contributed by atoms with Crippen LogP contribution in [0.4, 0.5) is 5.69 Å². The van der Waals surface area contributed by atoms with Crippen molar-refractivity contribution in [2.75, 3.05) is 12.0 Å². The fraction of sp³-hybridized carbons (Fsp3) is 0.333. The van der Waals surface area contributed by atoms with Crippen LogP contribution >= 0.6 is 34.4 Å². The number of benzene rings is 1. The highest BCUT2D eigenvalue weighted by Gasteiger charge is 2.22. The lowest BCUT2D eigenvalue weighted by atomic mass is 10.1. The van der Waals surface area contributed by atoms with E-state index in [0.717, 1.165) is 6.07 Å². The van der Waals surface area contributed by atoms with E-state index in [0.29, 0.717) is 9.32 Å². The molecule has 7 nitrogen and oxygen atoms in total. The monoisotopic (exact) mass is 424 g/mol. The van der Waals surface area contributed by atoms with Gasteiger partial charge in [0.05, 0.1) is 10.5 Å². The summed E-state index contributed by atoms with van der Waals surface area (Å²) < 4.78 is 0.518. The van der Waals surface area contributed by atoms with Gasteiger partial charge < -0.3 is 10.4 Å². The maximum atomic E-state index is 12.1. The topological polar surface area (TPSA) is 110 Å². The Kier molecular flexibility index (Phi) is 6.89. The summed E-state index contributed by atoms with van der Waals surface area (Å²) in [5.41, 5.74) is -0.114. The first-order chi connectivity index (χ1) is 9.86. The second-order valence-electron chi connectivity index (χ2n) is 4.07. The van der Waals surface area contributed by atoms with Crippen molar-refractivity contribution < 1.29 is 19.6 Å². The van der Waals surface area contributed by atoms with Gasteiger partial charge in [-0.05, 0) is 47.1 Å². The number of nitro groups is 1. The normalized spacial score (nSPS) is 11.7. The molecule has 1 rings (SSSR count). The Morgan fingerprint density at radius 3 is 2.71 bits per heavy atom. The largest absolute Gasteiger partial charge is 0.480 e. The van der Waals surface area contributed by atoms with Crippen molar-refractivity contribution in [3.05, 3.63) is 37.4 Å². The van der Waals surface area contributed by atoms with Crippen molar-refractivity contribution in [1.29, 1.82) is 0 Å². The van der Waals surface area contributed by atoms with Crippen molar-refractivity contribution in [1.82, 2.24) is 5.32 Å². The quantitative estimate of drug-likeness (QED) is 0.394. The highest BCUT2D eigenvalue weighted by molar-refractivity contribution is 14.1. The van der Waals surface area contributed by atoms with Gasteiger partial charge in [0.2, 0.25) is 0 Å². The molecule has 0 unspecified atom stereocenters. The molecule has 0 fully saturated rings. The third-order valence-electron chi connectivity index (χ3n) is 2.62. The van der Waals surface area contributed by atoms with Crippen molar-refractivity contribution in [3.8, 4) is 0 Å². The number of rotatable bonds is 7. The Balaban J connectivity index is 2.94. The van der Waals surface area contributed by atoms with Crippen LogP contribution in [-0.4, -0.2) is 40.0 Å². The van der Waals surface area contributed by atoms with Crippen LogP contribution in [0.1, 0.15) is 16.8 Å². The van der Waals surface area contributed by atoms with Crippen LogP contribution in [0.5, 0.6) is 0 Å². The zero-order valence-corrected chi connectivity index (χ0v) is 14.0. The minimum atomic E-state index is -1.13. The van der Waals surface area contributed by atoms with Gasteiger partial charge in [-0.2, -0.15) is 11.8 Å². The molecule has 0 heterocycles. The van der Waals surface area contributed by atoms with Crippen LogP contribution in [0.25, 0.3) is 0 Å². The number of halogens is 1. The molecule has 0 saturated carbocycles. The van der Waals surface area contributed by atoms with Crippen LogP contribution in [0.3, 0.4) is 0 Å². The second kappa shape index (κ2) is 8.17. The summed E-state index contributed by atoms with van der Waals surface area (Å²) in [4.78, 5) is 33.3. The van der Waals surface area contributed by atoms with Gasteiger partial charge in [-0.1, -0.05) is 0 Å². The van der Waals surface area contributed by atoms with Crippen LogP contribution in [0.2, 0.25) is 0 Å². The van der Waals surface area contributed by atoms with Crippen molar-refractivity contribution >= 4 is 51.9 Å². The summed E-state index contributed by atoms with van der Waals surface area (Å²) in [5, 5.41) is 22.2. The highest BCUT2D eigenvalue weighted by atomic mass is 127. The lowest BCUT2D eigenvalue weighted by Gasteiger charge is -2.14. The molecule has 1 aromatic carbocycles. The molecule has 0 bridgehead atoms. The molecule has 0 aliphatic carbocycles. The molecule has 0 radical (unpaired) electrons. The summed E-state index contributed by atoms with van der Waals surface area (Å²) in [5.74, 6) is -1.17. The van der Waals surface area contributed by atoms with Crippen LogP contribution in [-0.2, 0) is 4.79 Å². The fourth-order valence-electron chi connectivity index (χ4n) is 1.53. The van der Waals surface area contributed by atoms with E-state index in [1.165, 1.54) is 23.9 Å². The van der Waals surface area contributed by atoms with E-state index in [9.17, 15) is 19.7 Å². The van der Waals surface area contributed by atoms with Gasteiger partial charge >= 0.3 is 5.97 Å². The summed E-state index contributed by atoms with van der Waals surface area (Å²) >= 11 is 3.35. The summed E-state index contributed by atoms with van der Waals surface area (Å²) in [6, 6.07) is 2.87. The van der Waals surface area contributed by atoms with E-state index >= 15 is 0 Å². The maximum Gasteiger partial charge on any atom is 0.326 e. The van der Waals surface area contributed by atoms with Crippen LogP contribution < -0.4 is 5.32 Å². The summed E-state index contributed by atoms with van der Waals surface area (Å²) in [6.07, 6.45) is 2.12. The first-order valence-electron chi connectivity index (χ1n) is 5.83. The molecule has 0 saturated heterocycles. The lowest BCUT2D eigenvalue weighted by Crippen LogP contribution is -2.41. The van der Waals surface area contributed by atoms with E-state index in [1.54, 1.807) is 0 Å². The minimum absolute atomic E-state index is 0.0974. The molecule has 21 heavy (non-hydrogen) atoms. The number of thioether (sulfide) groups is 1. The SMILES string of the molecule is CSCC[C@@H](NC(=O)c1cc([N+](=O)[O-])ccc1I)C(=O)O. The highest BCUT2D eigenvalue weighted by Crippen LogP contribution is 2.19. The Morgan fingerprint density at radius 1 is 1.52 bits per heavy atom. The average Bonchev–Trinajstić information content (AvgIpc) is 2.42. The van der Waals surface area contributed by atoms with Gasteiger partial charge in [-0.3, -0.25) is 14.9 Å². The van der Waals surface area contributed by atoms with Gasteiger partial charge in [0.15, 0.2) is 0 Å². The van der Waals surface area contributed by atoms with E-state index in [-0.39, 0.29) is 17.7 Å². The van der Waals surface area contributed by atoms with Gasteiger partial charge in [-0.25, -0.2) is 4.79 Å². The standard InChI is InChI=1S/C12H13IN2O5S/c1-21-5-4-10(12(17)18)14-11(16)8-6-7(15(19)20)2-3-9(8)13/h2-3,6,10H,4-5H2,1H3,(H,14,16)(H,17,18)/t10-/m1/s1. The molecule has 2 N–H and O–H groups in total. The molecule has 1 aromatic rings. The molecular weight excluding hydrogens is 411 g/mol. The predicted octanol–water partition coefficient (Wildman–Crippen LogP) is 2.14. The second-order valence-corrected chi connectivity index (χ2v) is 6.21. The zero-order valence-electron chi connectivity index (χ0n) is 11.0. The molecule has 1 atom stereocenters. The Hall–Kier alpha value is -1.36. The number of nitro benzene ring substituents is 1. The lowest BCUT2D eigenvalue weighted by molar-refractivity contribution is -0.384. The molecule has 0 spiro atoms.